The molecule has 0 saturated heterocycles. The molecule has 0 rings (SSSR count). The highest BCUT2D eigenvalue weighted by molar-refractivity contribution is 5.75. The zero-order chi connectivity index (χ0) is 6.41. The molecule has 0 aromatic rings. The van der Waals surface area contributed by atoms with Crippen molar-refractivity contribution in [2.45, 2.75) is 27.1 Å². The van der Waals surface area contributed by atoms with E-state index in [1.807, 2.05) is 20.8 Å². The number of hydrogen-bond acceptors (Lipinski definition) is 2. The highest BCUT2D eigenvalue weighted by atomic mass is 16.7. The Hall–Kier alpha value is -0.0151. The fourth-order valence-electron chi connectivity index (χ4n) is 0.518. The fraction of sp³-hybridized carbons (Fsp3) is 1.00. The summed E-state index contributed by atoms with van der Waals surface area (Å²) in [5.41, 5.74) is 0. The molecule has 0 aliphatic carbocycles. The standard InChI is InChI=1S/C6H14O2.B/c1-4-7-6(3)8-5-2;/h6H,4-5H2,1-3H3;. The molecular weight excluding hydrogens is 115 g/mol. The molecule has 0 amide bonds. The van der Waals surface area contributed by atoms with Gasteiger partial charge in [-0.2, -0.15) is 0 Å². The maximum Gasteiger partial charge on any atom is 0.154 e. The van der Waals surface area contributed by atoms with Gasteiger partial charge in [-0.05, 0) is 20.8 Å². The first-order valence-corrected chi connectivity index (χ1v) is 3.04. The van der Waals surface area contributed by atoms with E-state index in [1.54, 1.807) is 0 Å². The average Bonchev–Trinajstić information content (AvgIpc) is 1.68. The van der Waals surface area contributed by atoms with Crippen LogP contribution >= 0.6 is 0 Å². The van der Waals surface area contributed by atoms with Gasteiger partial charge in [0.05, 0.1) is 0 Å². The molecule has 0 saturated carbocycles. The smallest absolute Gasteiger partial charge is 0.154 e. The Balaban J connectivity index is 0. The maximum atomic E-state index is 5.06. The molecular formula is C6H14BO2. The molecule has 9 heavy (non-hydrogen) atoms. The Morgan fingerprint density at radius 2 is 1.44 bits per heavy atom. The van der Waals surface area contributed by atoms with Crippen LogP contribution in [0.15, 0.2) is 0 Å². The molecule has 0 spiro atoms. The van der Waals surface area contributed by atoms with Gasteiger partial charge in [-0.25, -0.2) is 0 Å². The van der Waals surface area contributed by atoms with E-state index in [2.05, 4.69) is 0 Å². The zero-order valence-electron chi connectivity index (χ0n) is 6.39. The molecule has 0 aliphatic rings. The van der Waals surface area contributed by atoms with Crippen molar-refractivity contribution in [3.05, 3.63) is 0 Å². The summed E-state index contributed by atoms with van der Waals surface area (Å²) in [6.07, 6.45) is -0.0370. The molecule has 3 heteroatoms. The van der Waals surface area contributed by atoms with Crippen molar-refractivity contribution in [1.82, 2.24) is 0 Å². The second kappa shape index (κ2) is 7.98. The van der Waals surface area contributed by atoms with Gasteiger partial charge in [-0.3, -0.25) is 0 Å². The van der Waals surface area contributed by atoms with E-state index in [0.717, 1.165) is 13.2 Å². The van der Waals surface area contributed by atoms with Crippen LogP contribution in [0.4, 0.5) is 0 Å². The molecule has 0 unspecified atom stereocenters. The minimum Gasteiger partial charge on any atom is -0.353 e. The van der Waals surface area contributed by atoms with Gasteiger partial charge < -0.3 is 9.47 Å². The number of ether oxygens (including phenoxy) is 2. The average molecular weight is 129 g/mol. The zero-order valence-corrected chi connectivity index (χ0v) is 6.39. The van der Waals surface area contributed by atoms with E-state index in [0.29, 0.717) is 0 Å². The van der Waals surface area contributed by atoms with E-state index < -0.39 is 0 Å². The van der Waals surface area contributed by atoms with Crippen LogP contribution < -0.4 is 0 Å². The highest BCUT2D eigenvalue weighted by Crippen LogP contribution is 1.90. The van der Waals surface area contributed by atoms with Gasteiger partial charge in [0.15, 0.2) is 6.29 Å². The van der Waals surface area contributed by atoms with Crippen molar-refractivity contribution in [2.75, 3.05) is 13.2 Å². The van der Waals surface area contributed by atoms with Gasteiger partial charge in [0.25, 0.3) is 0 Å². The summed E-state index contributed by atoms with van der Waals surface area (Å²) >= 11 is 0. The van der Waals surface area contributed by atoms with Crippen LogP contribution in [0.3, 0.4) is 0 Å². The van der Waals surface area contributed by atoms with Crippen molar-refractivity contribution >= 4 is 8.41 Å². The Bertz CT molecular complexity index is 44.3. The van der Waals surface area contributed by atoms with E-state index in [9.17, 15) is 0 Å². The predicted octanol–water partition coefficient (Wildman–Crippen LogP) is 1.02. The molecule has 0 aromatic heterocycles. The normalized spacial score (nSPS) is 9.33. The Morgan fingerprint density at radius 1 is 1.11 bits per heavy atom. The minimum absolute atomic E-state index is 0. The van der Waals surface area contributed by atoms with Crippen LogP contribution in [-0.4, -0.2) is 27.9 Å². The van der Waals surface area contributed by atoms with Crippen LogP contribution in [0.1, 0.15) is 20.8 Å². The van der Waals surface area contributed by atoms with Crippen LogP contribution in [-0.2, 0) is 9.47 Å². The van der Waals surface area contributed by atoms with Crippen molar-refractivity contribution in [2.24, 2.45) is 0 Å². The van der Waals surface area contributed by atoms with E-state index >= 15 is 0 Å². The lowest BCUT2D eigenvalue weighted by Crippen LogP contribution is -2.11. The van der Waals surface area contributed by atoms with Crippen LogP contribution in [0.25, 0.3) is 0 Å². The topological polar surface area (TPSA) is 18.5 Å². The molecule has 0 aliphatic heterocycles. The highest BCUT2D eigenvalue weighted by Gasteiger charge is 1.94. The lowest BCUT2D eigenvalue weighted by molar-refractivity contribution is -0.123. The summed E-state index contributed by atoms with van der Waals surface area (Å²) < 4.78 is 10.1. The maximum absolute atomic E-state index is 5.06. The van der Waals surface area contributed by atoms with E-state index in [-0.39, 0.29) is 14.7 Å². The lowest BCUT2D eigenvalue weighted by atomic mass is 10.7. The third-order valence-electron chi connectivity index (χ3n) is 0.803. The molecule has 0 aromatic carbocycles. The second-order valence-corrected chi connectivity index (χ2v) is 1.48. The Labute approximate surface area is 59.1 Å². The third kappa shape index (κ3) is 7.98. The first kappa shape index (κ1) is 11.7. The van der Waals surface area contributed by atoms with Crippen molar-refractivity contribution in [3.63, 3.8) is 0 Å². The van der Waals surface area contributed by atoms with Crippen LogP contribution in [0.5, 0.6) is 0 Å². The van der Waals surface area contributed by atoms with Gasteiger partial charge in [-0.15, -0.1) is 0 Å². The molecule has 0 fully saturated rings. The van der Waals surface area contributed by atoms with Gasteiger partial charge >= 0.3 is 0 Å². The van der Waals surface area contributed by atoms with Crippen LogP contribution in [0, 0.1) is 0 Å². The third-order valence-corrected chi connectivity index (χ3v) is 0.803. The van der Waals surface area contributed by atoms with E-state index in [1.165, 1.54) is 0 Å². The fourth-order valence-corrected chi connectivity index (χ4v) is 0.518. The summed E-state index contributed by atoms with van der Waals surface area (Å²) in [5, 5.41) is 0. The first-order chi connectivity index (χ1) is 3.81. The summed E-state index contributed by atoms with van der Waals surface area (Å²) in [5.74, 6) is 0. The quantitative estimate of drug-likeness (QED) is 0.416. The molecule has 0 N–H and O–H groups in total. The van der Waals surface area contributed by atoms with Crippen molar-refractivity contribution in [3.8, 4) is 0 Å². The number of hydrogen-bond donors (Lipinski definition) is 0. The molecule has 2 nitrogen and oxygen atoms in total. The monoisotopic (exact) mass is 129 g/mol. The van der Waals surface area contributed by atoms with Gasteiger partial charge in [0.1, 0.15) is 0 Å². The molecule has 0 bridgehead atoms. The van der Waals surface area contributed by atoms with Crippen molar-refractivity contribution < 1.29 is 9.47 Å². The molecule has 0 heterocycles. The largest absolute Gasteiger partial charge is 0.353 e. The summed E-state index contributed by atoms with van der Waals surface area (Å²) in [6, 6.07) is 0. The summed E-state index contributed by atoms with van der Waals surface area (Å²) in [6.45, 7) is 7.25. The van der Waals surface area contributed by atoms with E-state index in [4.69, 9.17) is 9.47 Å². The molecule has 0 atom stereocenters. The van der Waals surface area contributed by atoms with Crippen molar-refractivity contribution in [1.29, 1.82) is 0 Å². The number of rotatable bonds is 4. The second-order valence-electron chi connectivity index (χ2n) is 1.48. The van der Waals surface area contributed by atoms with Gasteiger partial charge in [-0.1, -0.05) is 0 Å². The lowest BCUT2D eigenvalue weighted by Gasteiger charge is -2.09. The first-order valence-electron chi connectivity index (χ1n) is 3.04. The minimum atomic E-state index is -0.0370. The predicted molar refractivity (Wildman–Crippen MR) is 38.5 cm³/mol. The summed E-state index contributed by atoms with van der Waals surface area (Å²) in [7, 11) is 0. The Kier molecular flexibility index (Phi) is 10.4. The van der Waals surface area contributed by atoms with Gasteiger partial charge in [0, 0.05) is 21.6 Å². The molecule has 3 radical (unpaired) electrons. The van der Waals surface area contributed by atoms with Gasteiger partial charge in [0.2, 0.25) is 0 Å². The molecule has 53 valence electrons. The summed E-state index contributed by atoms with van der Waals surface area (Å²) in [4.78, 5) is 0. The SMILES string of the molecule is CCOC(C)OCC.[B]. The Morgan fingerprint density at radius 3 is 1.67 bits per heavy atom. The van der Waals surface area contributed by atoms with Crippen LogP contribution in [0.2, 0.25) is 0 Å².